The monoisotopic (exact) mass is 295 g/mol. The highest BCUT2D eigenvalue weighted by atomic mass is 32.2. The average molecular weight is 295 g/mol. The van der Waals surface area contributed by atoms with Crippen LogP contribution in [0.25, 0.3) is 10.2 Å². The molecule has 0 amide bonds. The molecule has 0 spiro atoms. The molecule has 2 aromatic rings. The summed E-state index contributed by atoms with van der Waals surface area (Å²) in [6.45, 7) is 9.86. The number of nitrogen functional groups attached to an aromatic ring is 1. The maximum atomic E-state index is 5.74. The van der Waals surface area contributed by atoms with Crippen molar-refractivity contribution in [2.75, 3.05) is 12.3 Å². The lowest BCUT2D eigenvalue weighted by Crippen LogP contribution is -2.36. The zero-order valence-electron chi connectivity index (χ0n) is 11.9. The fraction of sp³-hybridized carbons (Fsp3) is 0.500. The van der Waals surface area contributed by atoms with Crippen molar-refractivity contribution in [1.82, 2.24) is 10.3 Å². The molecule has 0 radical (unpaired) electrons. The summed E-state index contributed by atoms with van der Waals surface area (Å²) < 4.78 is 1.32. The van der Waals surface area contributed by atoms with Gasteiger partial charge in [-0.3, -0.25) is 0 Å². The molecule has 3 nitrogen and oxygen atoms in total. The zero-order chi connectivity index (χ0) is 14.0. The van der Waals surface area contributed by atoms with Crippen LogP contribution in [0.15, 0.2) is 23.1 Å². The van der Waals surface area contributed by atoms with Gasteiger partial charge >= 0.3 is 0 Å². The van der Waals surface area contributed by atoms with E-state index in [2.05, 4.69) is 56.2 Å². The molecule has 19 heavy (non-hydrogen) atoms. The van der Waals surface area contributed by atoms with Gasteiger partial charge in [-0.25, -0.2) is 4.98 Å². The van der Waals surface area contributed by atoms with E-state index >= 15 is 0 Å². The minimum Gasteiger partial charge on any atom is -0.375 e. The molecule has 0 fully saturated rings. The molecule has 0 aliphatic rings. The number of anilines is 1. The van der Waals surface area contributed by atoms with Crippen LogP contribution in [0.2, 0.25) is 0 Å². The van der Waals surface area contributed by atoms with Crippen LogP contribution < -0.4 is 11.1 Å². The van der Waals surface area contributed by atoms with Gasteiger partial charge in [0.05, 0.1) is 10.2 Å². The number of benzene rings is 1. The second-order valence-electron chi connectivity index (χ2n) is 5.58. The molecule has 0 saturated heterocycles. The van der Waals surface area contributed by atoms with Gasteiger partial charge in [0.25, 0.3) is 0 Å². The third kappa shape index (κ3) is 4.09. The third-order valence-corrected chi connectivity index (χ3v) is 4.74. The highest BCUT2D eigenvalue weighted by Crippen LogP contribution is 2.35. The molecule has 1 heterocycles. The van der Waals surface area contributed by atoms with Crippen molar-refractivity contribution in [2.45, 2.75) is 43.4 Å². The first-order valence-corrected chi connectivity index (χ1v) is 8.07. The number of fused-ring (bicyclic) bond motifs is 1. The first-order valence-electron chi connectivity index (χ1n) is 6.44. The molecule has 0 saturated carbocycles. The molecular formula is C14H21N3S2. The van der Waals surface area contributed by atoms with E-state index in [1.165, 1.54) is 4.90 Å². The number of thiazole rings is 1. The number of nitrogens with zero attached hydrogens (tertiary/aromatic N) is 1. The number of rotatable bonds is 5. The zero-order valence-corrected chi connectivity index (χ0v) is 13.5. The van der Waals surface area contributed by atoms with Crippen molar-refractivity contribution in [3.8, 4) is 0 Å². The predicted molar refractivity (Wildman–Crippen MR) is 87.1 cm³/mol. The van der Waals surface area contributed by atoms with Crippen molar-refractivity contribution in [2.24, 2.45) is 0 Å². The summed E-state index contributed by atoms with van der Waals surface area (Å²) >= 11 is 3.44. The quantitative estimate of drug-likeness (QED) is 0.825. The second kappa shape index (κ2) is 5.69. The largest absolute Gasteiger partial charge is 0.375 e. The van der Waals surface area contributed by atoms with E-state index in [-0.39, 0.29) is 4.75 Å². The van der Waals surface area contributed by atoms with Crippen LogP contribution in [-0.4, -0.2) is 22.3 Å². The van der Waals surface area contributed by atoms with E-state index in [0.717, 1.165) is 16.8 Å². The topological polar surface area (TPSA) is 50.9 Å². The third-order valence-electron chi connectivity index (χ3n) is 2.71. The van der Waals surface area contributed by atoms with Crippen LogP contribution in [0.4, 0.5) is 5.13 Å². The number of hydrogen-bond donors (Lipinski definition) is 2. The van der Waals surface area contributed by atoms with Gasteiger partial charge in [0, 0.05) is 22.2 Å². The fourth-order valence-corrected chi connectivity index (χ4v) is 3.75. The molecule has 104 valence electrons. The van der Waals surface area contributed by atoms with E-state index in [1.807, 2.05) is 11.8 Å². The predicted octanol–water partition coefficient (Wildman–Crippen LogP) is 3.75. The Kier molecular flexibility index (Phi) is 4.38. The van der Waals surface area contributed by atoms with E-state index in [9.17, 15) is 0 Å². The lowest BCUT2D eigenvalue weighted by Gasteiger charge is -2.25. The van der Waals surface area contributed by atoms with Crippen molar-refractivity contribution in [1.29, 1.82) is 0 Å². The maximum absolute atomic E-state index is 5.74. The summed E-state index contributed by atoms with van der Waals surface area (Å²) in [5.41, 5.74) is 6.73. The molecule has 5 heteroatoms. The van der Waals surface area contributed by atoms with E-state index in [4.69, 9.17) is 5.73 Å². The summed E-state index contributed by atoms with van der Waals surface area (Å²) in [6, 6.07) is 6.88. The standard InChI is InChI=1S/C14H21N3S2/c1-9(2)16-8-14(3,4)19-10-5-6-11-12(7-10)18-13(15)17-11/h5-7,9,16H,8H2,1-4H3,(H2,15,17). The number of hydrogen-bond acceptors (Lipinski definition) is 5. The molecule has 0 unspecified atom stereocenters. The lowest BCUT2D eigenvalue weighted by molar-refractivity contribution is 0.532. The lowest BCUT2D eigenvalue weighted by atomic mass is 10.2. The van der Waals surface area contributed by atoms with Crippen LogP contribution in [-0.2, 0) is 0 Å². The summed E-state index contributed by atoms with van der Waals surface area (Å²) in [4.78, 5) is 5.56. The molecular weight excluding hydrogens is 274 g/mol. The van der Waals surface area contributed by atoms with Crippen LogP contribution >= 0.6 is 23.1 Å². The number of nitrogens with one attached hydrogen (secondary N) is 1. The summed E-state index contributed by atoms with van der Waals surface area (Å²) in [5.74, 6) is 0. The molecule has 0 bridgehead atoms. The van der Waals surface area contributed by atoms with Gasteiger partial charge < -0.3 is 11.1 Å². The van der Waals surface area contributed by atoms with Gasteiger partial charge in [-0.2, -0.15) is 0 Å². The average Bonchev–Trinajstić information content (AvgIpc) is 2.65. The van der Waals surface area contributed by atoms with Crippen LogP contribution in [0.1, 0.15) is 27.7 Å². The van der Waals surface area contributed by atoms with Crippen LogP contribution in [0.3, 0.4) is 0 Å². The first-order chi connectivity index (χ1) is 8.85. The smallest absolute Gasteiger partial charge is 0.181 e. The first kappa shape index (κ1) is 14.6. The normalized spacial score (nSPS) is 12.5. The summed E-state index contributed by atoms with van der Waals surface area (Å²) in [5, 5.41) is 4.13. The Morgan fingerprint density at radius 3 is 2.84 bits per heavy atom. The van der Waals surface area contributed by atoms with Crippen molar-refractivity contribution < 1.29 is 0 Å². The van der Waals surface area contributed by atoms with E-state index in [1.54, 1.807) is 11.3 Å². The van der Waals surface area contributed by atoms with Gasteiger partial charge in [-0.1, -0.05) is 25.2 Å². The molecule has 0 aliphatic carbocycles. The van der Waals surface area contributed by atoms with Crippen LogP contribution in [0.5, 0.6) is 0 Å². The molecule has 3 N–H and O–H groups in total. The molecule has 1 aromatic carbocycles. The Balaban J connectivity index is 2.11. The Hall–Kier alpha value is -0.780. The SMILES string of the molecule is CC(C)NCC(C)(C)Sc1ccc2nc(N)sc2c1. The highest BCUT2D eigenvalue weighted by Gasteiger charge is 2.20. The molecule has 2 rings (SSSR count). The van der Waals surface area contributed by atoms with Gasteiger partial charge in [0.2, 0.25) is 0 Å². The number of aromatic nitrogens is 1. The second-order valence-corrected chi connectivity index (χ2v) is 8.42. The molecule has 1 aromatic heterocycles. The van der Waals surface area contributed by atoms with Crippen LogP contribution in [0, 0.1) is 0 Å². The fourth-order valence-electron chi connectivity index (χ4n) is 1.79. The summed E-state index contributed by atoms with van der Waals surface area (Å²) in [7, 11) is 0. The van der Waals surface area contributed by atoms with Gasteiger partial charge in [-0.05, 0) is 32.0 Å². The van der Waals surface area contributed by atoms with E-state index in [0.29, 0.717) is 11.2 Å². The Bertz CT molecular complexity index is 561. The highest BCUT2D eigenvalue weighted by molar-refractivity contribution is 8.00. The van der Waals surface area contributed by atoms with Crippen molar-refractivity contribution >= 4 is 38.4 Å². The number of nitrogens with two attached hydrogens (primary N) is 1. The Labute approximate surface area is 123 Å². The van der Waals surface area contributed by atoms with Crippen molar-refractivity contribution in [3.05, 3.63) is 18.2 Å². The maximum Gasteiger partial charge on any atom is 0.181 e. The molecule has 0 atom stereocenters. The summed E-state index contributed by atoms with van der Waals surface area (Å²) in [6.07, 6.45) is 0. The Morgan fingerprint density at radius 1 is 1.42 bits per heavy atom. The van der Waals surface area contributed by atoms with Gasteiger partial charge in [0.1, 0.15) is 0 Å². The van der Waals surface area contributed by atoms with Gasteiger partial charge in [0.15, 0.2) is 5.13 Å². The number of thioether (sulfide) groups is 1. The Morgan fingerprint density at radius 2 is 2.16 bits per heavy atom. The molecule has 0 aliphatic heterocycles. The van der Waals surface area contributed by atoms with Gasteiger partial charge in [-0.15, -0.1) is 11.8 Å². The minimum absolute atomic E-state index is 0.161. The minimum atomic E-state index is 0.161. The van der Waals surface area contributed by atoms with Crippen molar-refractivity contribution in [3.63, 3.8) is 0 Å². The van der Waals surface area contributed by atoms with E-state index < -0.39 is 0 Å².